The maximum atomic E-state index is 13.6. The Kier molecular flexibility index (Phi) is 3.53. The van der Waals surface area contributed by atoms with Gasteiger partial charge in [-0.15, -0.1) is 0 Å². The van der Waals surface area contributed by atoms with Gasteiger partial charge in [0.2, 0.25) is 5.89 Å². The van der Waals surface area contributed by atoms with Crippen molar-refractivity contribution in [3.05, 3.63) is 65.8 Å². The molecule has 4 rings (SSSR count). The fourth-order valence-corrected chi connectivity index (χ4v) is 2.60. The summed E-state index contributed by atoms with van der Waals surface area (Å²) in [5, 5.41) is 3.47. The molecule has 25 heavy (non-hydrogen) atoms. The van der Waals surface area contributed by atoms with E-state index >= 15 is 0 Å². The van der Waals surface area contributed by atoms with Gasteiger partial charge in [0.05, 0.1) is 17.6 Å². The minimum Gasteiger partial charge on any atom is -0.439 e. The monoisotopic (exact) mass is 336 g/mol. The molecular weight excluding hydrogens is 323 g/mol. The molecule has 0 fully saturated rings. The predicted molar refractivity (Wildman–Crippen MR) is 91.3 cm³/mol. The number of para-hydroxylation sites is 2. The number of hydrogen-bond donors (Lipinski definition) is 2. The number of nitrogens with one attached hydrogen (secondary N) is 1. The number of nitrogens with two attached hydrogens (primary N) is 1. The first kappa shape index (κ1) is 15.1. The van der Waals surface area contributed by atoms with E-state index in [0.29, 0.717) is 11.1 Å². The molecule has 0 aliphatic heterocycles. The van der Waals surface area contributed by atoms with Gasteiger partial charge in [0, 0.05) is 5.39 Å². The number of aromatic nitrogens is 2. The van der Waals surface area contributed by atoms with Gasteiger partial charge in [-0.2, -0.15) is 0 Å². The van der Waals surface area contributed by atoms with Crippen LogP contribution in [0.4, 0.5) is 10.2 Å². The smallest absolute Gasteiger partial charge is 0.255 e. The zero-order chi connectivity index (χ0) is 17.4. The average Bonchev–Trinajstić information content (AvgIpc) is 3.03. The van der Waals surface area contributed by atoms with Crippen LogP contribution in [0.3, 0.4) is 0 Å². The van der Waals surface area contributed by atoms with Gasteiger partial charge in [0.15, 0.2) is 11.4 Å². The van der Waals surface area contributed by atoms with Crippen LogP contribution in [-0.2, 0) is 6.54 Å². The van der Waals surface area contributed by atoms with Gasteiger partial charge in [-0.1, -0.05) is 24.3 Å². The van der Waals surface area contributed by atoms with Crippen molar-refractivity contribution in [2.45, 2.75) is 6.54 Å². The van der Waals surface area contributed by atoms with E-state index in [-0.39, 0.29) is 29.3 Å². The molecule has 0 atom stereocenters. The van der Waals surface area contributed by atoms with E-state index in [4.69, 9.17) is 10.2 Å². The molecule has 2 aromatic carbocycles. The molecule has 1 amide bonds. The Morgan fingerprint density at radius 1 is 1.16 bits per heavy atom. The molecule has 0 aliphatic carbocycles. The first-order chi connectivity index (χ1) is 12.1. The lowest BCUT2D eigenvalue weighted by Crippen LogP contribution is -2.24. The Bertz CT molecular complexity index is 1110. The number of fused-ring (bicyclic) bond motifs is 2. The van der Waals surface area contributed by atoms with Crippen LogP contribution in [0.2, 0.25) is 0 Å². The van der Waals surface area contributed by atoms with Crippen molar-refractivity contribution in [3.63, 3.8) is 0 Å². The van der Waals surface area contributed by atoms with Crippen molar-refractivity contribution in [3.8, 4) is 0 Å². The highest BCUT2D eigenvalue weighted by atomic mass is 19.1. The van der Waals surface area contributed by atoms with Gasteiger partial charge in [-0.3, -0.25) is 4.79 Å². The molecule has 0 unspecified atom stereocenters. The van der Waals surface area contributed by atoms with E-state index in [0.717, 1.165) is 5.39 Å². The highest BCUT2D eigenvalue weighted by Crippen LogP contribution is 2.20. The molecule has 0 radical (unpaired) electrons. The first-order valence-corrected chi connectivity index (χ1v) is 7.59. The number of pyridine rings is 1. The number of hydrogen-bond acceptors (Lipinski definition) is 5. The molecule has 124 valence electrons. The Labute approximate surface area is 141 Å². The lowest BCUT2D eigenvalue weighted by atomic mass is 10.1. The Balaban J connectivity index is 1.57. The zero-order valence-electron chi connectivity index (χ0n) is 13.0. The van der Waals surface area contributed by atoms with Crippen LogP contribution in [0, 0.1) is 5.82 Å². The van der Waals surface area contributed by atoms with E-state index < -0.39 is 11.7 Å². The summed E-state index contributed by atoms with van der Waals surface area (Å²) in [6.07, 6.45) is 0. The van der Waals surface area contributed by atoms with Crippen LogP contribution >= 0.6 is 0 Å². The first-order valence-electron chi connectivity index (χ1n) is 7.59. The van der Waals surface area contributed by atoms with Crippen molar-refractivity contribution in [1.82, 2.24) is 15.3 Å². The number of carbonyl (C=O) groups is 1. The van der Waals surface area contributed by atoms with E-state index in [9.17, 15) is 9.18 Å². The molecule has 2 heterocycles. The number of amides is 1. The van der Waals surface area contributed by atoms with Crippen molar-refractivity contribution < 1.29 is 13.6 Å². The molecule has 3 N–H and O–H groups in total. The number of anilines is 1. The van der Waals surface area contributed by atoms with Crippen molar-refractivity contribution in [2.24, 2.45) is 0 Å². The van der Waals surface area contributed by atoms with Gasteiger partial charge < -0.3 is 15.5 Å². The van der Waals surface area contributed by atoms with Crippen molar-refractivity contribution in [1.29, 1.82) is 0 Å². The van der Waals surface area contributed by atoms with Crippen LogP contribution in [0.25, 0.3) is 22.0 Å². The minimum absolute atomic E-state index is 0.0131. The van der Waals surface area contributed by atoms with Gasteiger partial charge in [0.25, 0.3) is 5.91 Å². The van der Waals surface area contributed by atoms with Gasteiger partial charge in [-0.05, 0) is 24.3 Å². The van der Waals surface area contributed by atoms with Crippen LogP contribution in [-0.4, -0.2) is 15.9 Å². The van der Waals surface area contributed by atoms with Crippen molar-refractivity contribution in [2.75, 3.05) is 5.73 Å². The Morgan fingerprint density at radius 3 is 2.84 bits per heavy atom. The molecule has 0 saturated carbocycles. The SMILES string of the molecule is Nc1nc2ccccc2cc1C(=O)NCc1nc2c(F)cccc2o1. The van der Waals surface area contributed by atoms with Gasteiger partial charge >= 0.3 is 0 Å². The standard InChI is InChI=1S/C18H13FN4O2/c19-12-5-3-7-14-16(12)23-15(25-14)9-21-18(24)11-8-10-4-1-2-6-13(10)22-17(11)20/h1-8H,9H2,(H2,20,22)(H,21,24). The molecule has 0 aliphatic rings. The van der Waals surface area contributed by atoms with E-state index in [2.05, 4.69) is 15.3 Å². The largest absolute Gasteiger partial charge is 0.439 e. The fraction of sp³-hybridized carbons (Fsp3) is 0.0556. The molecular formula is C18H13FN4O2. The average molecular weight is 336 g/mol. The third kappa shape index (κ3) is 2.76. The maximum absolute atomic E-state index is 13.6. The predicted octanol–water partition coefficient (Wildman–Crippen LogP) is 3.03. The summed E-state index contributed by atoms with van der Waals surface area (Å²) < 4.78 is 19.1. The second kappa shape index (κ2) is 5.86. The summed E-state index contributed by atoms with van der Waals surface area (Å²) in [6, 6.07) is 13.5. The van der Waals surface area contributed by atoms with Crippen LogP contribution < -0.4 is 11.1 Å². The third-order valence-corrected chi connectivity index (χ3v) is 3.81. The highest BCUT2D eigenvalue weighted by Gasteiger charge is 2.14. The van der Waals surface area contributed by atoms with Crippen LogP contribution in [0.15, 0.2) is 52.9 Å². The van der Waals surface area contributed by atoms with Crippen molar-refractivity contribution >= 4 is 33.7 Å². The number of rotatable bonds is 3. The topological polar surface area (TPSA) is 94.0 Å². The summed E-state index contributed by atoms with van der Waals surface area (Å²) in [5.74, 6) is -0.527. The summed E-state index contributed by atoms with van der Waals surface area (Å²) in [7, 11) is 0. The number of benzene rings is 2. The molecule has 0 bridgehead atoms. The van der Waals surface area contributed by atoms with Crippen LogP contribution in [0.5, 0.6) is 0 Å². The number of nitrogen functional groups attached to an aromatic ring is 1. The van der Waals surface area contributed by atoms with E-state index in [1.807, 2.05) is 24.3 Å². The normalized spacial score (nSPS) is 11.1. The second-order valence-electron chi connectivity index (χ2n) is 5.49. The molecule has 0 spiro atoms. The number of carbonyl (C=O) groups excluding carboxylic acids is 1. The number of halogens is 1. The summed E-state index contributed by atoms with van der Waals surface area (Å²) >= 11 is 0. The summed E-state index contributed by atoms with van der Waals surface area (Å²) in [5.41, 5.74) is 7.32. The van der Waals surface area contributed by atoms with Crippen LogP contribution in [0.1, 0.15) is 16.2 Å². The minimum atomic E-state index is -0.471. The Morgan fingerprint density at radius 2 is 2.00 bits per heavy atom. The van der Waals surface area contributed by atoms with E-state index in [1.54, 1.807) is 12.1 Å². The maximum Gasteiger partial charge on any atom is 0.255 e. The van der Waals surface area contributed by atoms with E-state index in [1.165, 1.54) is 12.1 Å². The highest BCUT2D eigenvalue weighted by molar-refractivity contribution is 6.01. The molecule has 0 saturated heterocycles. The molecule has 2 aromatic heterocycles. The lowest BCUT2D eigenvalue weighted by molar-refractivity contribution is 0.0948. The lowest BCUT2D eigenvalue weighted by Gasteiger charge is -2.07. The molecule has 4 aromatic rings. The quantitative estimate of drug-likeness (QED) is 0.600. The zero-order valence-corrected chi connectivity index (χ0v) is 13.0. The summed E-state index contributed by atoms with van der Waals surface area (Å²) in [4.78, 5) is 20.7. The van der Waals surface area contributed by atoms with Gasteiger partial charge in [-0.25, -0.2) is 14.4 Å². The number of nitrogens with zero attached hydrogens (tertiary/aromatic N) is 2. The third-order valence-electron chi connectivity index (χ3n) is 3.81. The summed E-state index contributed by atoms with van der Waals surface area (Å²) in [6.45, 7) is 0.0131. The van der Waals surface area contributed by atoms with Gasteiger partial charge in [0.1, 0.15) is 11.3 Å². The molecule has 6 nitrogen and oxygen atoms in total. The molecule has 7 heteroatoms. The number of oxazole rings is 1. The Hall–Kier alpha value is -3.48. The second-order valence-corrected chi connectivity index (χ2v) is 5.49. The fourth-order valence-electron chi connectivity index (χ4n) is 2.60.